The lowest BCUT2D eigenvalue weighted by Crippen LogP contribution is -2.13. The maximum absolute atomic E-state index is 14.8. The Hall–Kier alpha value is -3.28. The average Bonchev–Trinajstić information content (AvgIpc) is 2.88. The van der Waals surface area contributed by atoms with Crippen LogP contribution in [0.1, 0.15) is 49.7 Å². The summed E-state index contributed by atoms with van der Waals surface area (Å²) in [5.41, 5.74) is 1.64. The third kappa shape index (κ3) is 5.37. The fourth-order valence-corrected chi connectivity index (χ4v) is 4.60. The topological polar surface area (TPSA) is 18.5 Å². The van der Waals surface area contributed by atoms with E-state index in [0.29, 0.717) is 22.6 Å². The van der Waals surface area contributed by atoms with Crippen molar-refractivity contribution in [2.24, 2.45) is 5.92 Å². The molecule has 0 amide bonds. The van der Waals surface area contributed by atoms with Crippen LogP contribution in [0.25, 0.3) is 11.1 Å². The Morgan fingerprint density at radius 2 is 1.40 bits per heavy atom. The highest BCUT2D eigenvalue weighted by atomic mass is 19.2. The van der Waals surface area contributed by atoms with Gasteiger partial charge in [-0.15, -0.1) is 6.58 Å². The average molecular weight is 485 g/mol. The smallest absolute Gasteiger partial charge is 0.201 e. The minimum Gasteiger partial charge on any atom is -0.491 e. The molecule has 3 aromatic carbocycles. The second-order valence-corrected chi connectivity index (χ2v) is 8.79. The first-order valence-electron chi connectivity index (χ1n) is 11.9. The van der Waals surface area contributed by atoms with E-state index in [1.165, 1.54) is 18.2 Å². The van der Waals surface area contributed by atoms with Crippen molar-refractivity contribution in [2.75, 3.05) is 6.61 Å². The summed E-state index contributed by atoms with van der Waals surface area (Å²) in [7, 11) is 0. The summed E-state index contributed by atoms with van der Waals surface area (Å²) >= 11 is 0. The van der Waals surface area contributed by atoms with Gasteiger partial charge in [0.1, 0.15) is 6.61 Å². The molecular formula is C29H28F4O2. The lowest BCUT2D eigenvalue weighted by atomic mass is 9.78. The van der Waals surface area contributed by atoms with Crippen LogP contribution in [0.2, 0.25) is 0 Å². The summed E-state index contributed by atoms with van der Waals surface area (Å²) in [6, 6.07) is 12.5. The first-order chi connectivity index (χ1) is 16.9. The van der Waals surface area contributed by atoms with E-state index in [4.69, 9.17) is 9.47 Å². The van der Waals surface area contributed by atoms with Gasteiger partial charge in [0, 0.05) is 5.56 Å². The lowest BCUT2D eigenvalue weighted by Gasteiger charge is -2.27. The van der Waals surface area contributed by atoms with Crippen molar-refractivity contribution in [2.45, 2.75) is 45.1 Å². The van der Waals surface area contributed by atoms with Crippen molar-refractivity contribution in [1.82, 2.24) is 0 Å². The minimum atomic E-state index is -1.04. The Morgan fingerprint density at radius 3 is 2.06 bits per heavy atom. The monoisotopic (exact) mass is 484 g/mol. The summed E-state index contributed by atoms with van der Waals surface area (Å²) in [5, 5.41) is 0. The molecule has 1 aliphatic carbocycles. The Morgan fingerprint density at radius 1 is 0.771 bits per heavy atom. The third-order valence-electron chi connectivity index (χ3n) is 6.63. The Bertz CT molecular complexity index is 1180. The molecule has 0 aliphatic heterocycles. The molecule has 4 rings (SSSR count). The highest BCUT2D eigenvalue weighted by Crippen LogP contribution is 2.39. The zero-order valence-corrected chi connectivity index (χ0v) is 19.6. The number of hydrogen-bond acceptors (Lipinski definition) is 2. The van der Waals surface area contributed by atoms with Crippen LogP contribution < -0.4 is 9.47 Å². The van der Waals surface area contributed by atoms with E-state index in [1.807, 2.05) is 6.08 Å². The molecule has 6 heteroatoms. The Kier molecular flexibility index (Phi) is 7.79. The number of ether oxygens (including phenoxy) is 2. The molecule has 0 N–H and O–H groups in total. The van der Waals surface area contributed by atoms with E-state index in [2.05, 4.69) is 6.58 Å². The SMILES string of the molecule is C=CC1CCC(c2ccc(OCc3ccc(-c4ccc(OCC)c(F)c4F)cc3)c(F)c2F)CC1. The summed E-state index contributed by atoms with van der Waals surface area (Å²) < 4.78 is 68.8. The molecule has 0 atom stereocenters. The fourth-order valence-electron chi connectivity index (χ4n) is 4.60. The molecule has 0 spiro atoms. The summed E-state index contributed by atoms with van der Waals surface area (Å²) in [4.78, 5) is 0. The molecular weight excluding hydrogens is 456 g/mol. The van der Waals surface area contributed by atoms with Crippen LogP contribution in [0.3, 0.4) is 0 Å². The van der Waals surface area contributed by atoms with E-state index in [9.17, 15) is 17.6 Å². The highest BCUT2D eigenvalue weighted by Gasteiger charge is 2.25. The second kappa shape index (κ2) is 11.0. The molecule has 1 fully saturated rings. The zero-order valence-electron chi connectivity index (χ0n) is 19.6. The fraction of sp³-hybridized carbons (Fsp3) is 0.310. The van der Waals surface area contributed by atoms with Crippen LogP contribution in [0.5, 0.6) is 11.5 Å². The predicted molar refractivity (Wildman–Crippen MR) is 129 cm³/mol. The van der Waals surface area contributed by atoms with Gasteiger partial charge in [0.2, 0.25) is 11.6 Å². The number of halogens is 4. The zero-order chi connectivity index (χ0) is 24.9. The van der Waals surface area contributed by atoms with E-state index in [-0.39, 0.29) is 36.2 Å². The predicted octanol–water partition coefficient (Wildman–Crippen LogP) is 8.35. The van der Waals surface area contributed by atoms with Gasteiger partial charge in [-0.3, -0.25) is 0 Å². The van der Waals surface area contributed by atoms with Gasteiger partial charge < -0.3 is 9.47 Å². The number of benzene rings is 3. The van der Waals surface area contributed by atoms with Gasteiger partial charge >= 0.3 is 0 Å². The molecule has 3 aromatic rings. The van der Waals surface area contributed by atoms with E-state index in [1.54, 1.807) is 37.3 Å². The van der Waals surface area contributed by atoms with Crippen LogP contribution in [-0.4, -0.2) is 6.61 Å². The van der Waals surface area contributed by atoms with E-state index >= 15 is 0 Å². The molecule has 0 aromatic heterocycles. The van der Waals surface area contributed by atoms with Crippen molar-refractivity contribution in [3.8, 4) is 22.6 Å². The number of rotatable bonds is 8. The van der Waals surface area contributed by atoms with Gasteiger partial charge in [-0.1, -0.05) is 36.4 Å². The normalized spacial score (nSPS) is 17.7. The molecule has 0 saturated heterocycles. The van der Waals surface area contributed by atoms with Crippen LogP contribution in [0, 0.1) is 29.2 Å². The van der Waals surface area contributed by atoms with Gasteiger partial charge in [0.15, 0.2) is 23.1 Å². The van der Waals surface area contributed by atoms with Gasteiger partial charge in [0.25, 0.3) is 0 Å². The quantitative estimate of drug-likeness (QED) is 0.236. The molecule has 1 aliphatic rings. The molecule has 0 bridgehead atoms. The maximum Gasteiger partial charge on any atom is 0.201 e. The first-order valence-corrected chi connectivity index (χ1v) is 11.9. The van der Waals surface area contributed by atoms with Crippen molar-refractivity contribution in [3.63, 3.8) is 0 Å². The lowest BCUT2D eigenvalue weighted by molar-refractivity contribution is 0.282. The van der Waals surface area contributed by atoms with Crippen LogP contribution in [0.15, 0.2) is 61.2 Å². The largest absolute Gasteiger partial charge is 0.491 e. The molecule has 35 heavy (non-hydrogen) atoms. The Labute approximate surface area is 203 Å². The summed E-state index contributed by atoms with van der Waals surface area (Å²) in [6.07, 6.45) is 5.40. The molecule has 184 valence electrons. The van der Waals surface area contributed by atoms with Crippen molar-refractivity contribution >= 4 is 0 Å². The first kappa shape index (κ1) is 24.8. The van der Waals surface area contributed by atoms with Crippen molar-refractivity contribution in [1.29, 1.82) is 0 Å². The number of hydrogen-bond donors (Lipinski definition) is 0. The van der Waals surface area contributed by atoms with E-state index < -0.39 is 23.3 Å². The van der Waals surface area contributed by atoms with Gasteiger partial charge in [-0.2, -0.15) is 8.78 Å². The molecule has 0 unspecified atom stereocenters. The van der Waals surface area contributed by atoms with Crippen LogP contribution >= 0.6 is 0 Å². The Balaban J connectivity index is 1.43. The molecule has 1 saturated carbocycles. The van der Waals surface area contributed by atoms with Crippen LogP contribution in [0.4, 0.5) is 17.6 Å². The van der Waals surface area contributed by atoms with Crippen molar-refractivity contribution < 1.29 is 27.0 Å². The standard InChI is InChI=1S/C29H28F4O2/c1-3-18-5-9-20(10-6-18)23-14-16-25(29(33)27(23)31)35-17-19-7-11-21(12-8-19)22-13-15-24(34-4-2)28(32)26(22)30/h3,7-8,11-16,18,20H,1,4-6,9-10,17H2,2H3. The second-order valence-electron chi connectivity index (χ2n) is 8.79. The van der Waals surface area contributed by atoms with Gasteiger partial charge in [0.05, 0.1) is 6.61 Å². The van der Waals surface area contributed by atoms with Gasteiger partial charge in [-0.05, 0) is 79.3 Å². The van der Waals surface area contributed by atoms with Gasteiger partial charge in [-0.25, -0.2) is 8.78 Å². The summed E-state index contributed by atoms with van der Waals surface area (Å²) in [6.45, 7) is 5.74. The molecule has 0 heterocycles. The van der Waals surface area contributed by atoms with E-state index in [0.717, 1.165) is 25.7 Å². The summed E-state index contributed by atoms with van der Waals surface area (Å²) in [5.74, 6) is -3.72. The number of allylic oxidation sites excluding steroid dienone is 1. The van der Waals surface area contributed by atoms with Crippen LogP contribution in [-0.2, 0) is 6.61 Å². The van der Waals surface area contributed by atoms with Crippen molar-refractivity contribution in [3.05, 3.63) is 95.6 Å². The molecule has 0 radical (unpaired) electrons. The minimum absolute atomic E-state index is 0.000547. The maximum atomic E-state index is 14.8. The molecule has 2 nitrogen and oxygen atoms in total. The highest BCUT2D eigenvalue weighted by molar-refractivity contribution is 5.65. The third-order valence-corrected chi connectivity index (χ3v) is 6.63.